The molecule has 2 atom stereocenters. The van der Waals surface area contributed by atoms with E-state index < -0.39 is 0 Å². The number of nitrogens with one attached hydrogen (secondary N) is 2. The zero-order valence-electron chi connectivity index (χ0n) is 26.6. The Morgan fingerprint density at radius 1 is 0.755 bits per heavy atom. The van der Waals surface area contributed by atoms with Crippen molar-refractivity contribution < 1.29 is 10.2 Å². The molecule has 0 radical (unpaired) electrons. The molecule has 0 saturated heterocycles. The molecule has 14 heteroatoms. The zero-order valence-corrected chi connectivity index (χ0v) is 29.7. The van der Waals surface area contributed by atoms with Crippen LogP contribution in [-0.2, 0) is 13.0 Å². The molecule has 1 fully saturated rings. The van der Waals surface area contributed by atoms with Crippen molar-refractivity contribution in [1.82, 2.24) is 25.3 Å². The van der Waals surface area contributed by atoms with Gasteiger partial charge in [0, 0.05) is 51.4 Å². The van der Waals surface area contributed by atoms with E-state index in [1.165, 1.54) is 0 Å². The molecule has 6 rings (SSSR count). The summed E-state index contributed by atoms with van der Waals surface area (Å²) in [4.78, 5) is 20.8. The first-order valence-corrected chi connectivity index (χ1v) is 18.1. The van der Waals surface area contributed by atoms with Gasteiger partial charge >= 0.3 is 0 Å². The summed E-state index contributed by atoms with van der Waals surface area (Å²) in [7, 11) is 0. The van der Waals surface area contributed by atoms with E-state index in [4.69, 9.17) is 34.7 Å². The van der Waals surface area contributed by atoms with Crippen LogP contribution in [0.15, 0.2) is 105 Å². The van der Waals surface area contributed by atoms with Crippen molar-refractivity contribution in [3.8, 4) is 5.75 Å². The van der Waals surface area contributed by atoms with Gasteiger partial charge in [-0.05, 0) is 85.5 Å². The van der Waals surface area contributed by atoms with Crippen LogP contribution >= 0.6 is 46.7 Å². The summed E-state index contributed by atoms with van der Waals surface area (Å²) in [5, 5.41) is 27.6. The highest BCUT2D eigenvalue weighted by atomic mass is 35.5. The van der Waals surface area contributed by atoms with E-state index in [1.807, 2.05) is 60.7 Å². The number of nitrogens with two attached hydrogens (primary N) is 2. The third-order valence-electron chi connectivity index (χ3n) is 7.61. The highest BCUT2D eigenvalue weighted by Crippen LogP contribution is 2.33. The van der Waals surface area contributed by atoms with Crippen molar-refractivity contribution in [2.75, 3.05) is 23.3 Å². The second-order valence-corrected chi connectivity index (χ2v) is 14.4. The lowest BCUT2D eigenvalue weighted by Crippen LogP contribution is -2.41. The molecule has 0 aliphatic heterocycles. The summed E-state index contributed by atoms with van der Waals surface area (Å²) in [5.74, 6) is 1.46. The number of benzene rings is 3. The molecular formula is C35H38Cl2N8O2S2. The molecule has 0 spiro atoms. The summed E-state index contributed by atoms with van der Waals surface area (Å²) < 4.78 is 0. The van der Waals surface area contributed by atoms with Gasteiger partial charge in [0.2, 0.25) is 11.9 Å². The molecule has 2 aromatic heterocycles. The highest BCUT2D eigenvalue weighted by Gasteiger charge is 2.23. The van der Waals surface area contributed by atoms with Gasteiger partial charge in [-0.1, -0.05) is 71.7 Å². The van der Waals surface area contributed by atoms with Crippen LogP contribution < -0.4 is 22.1 Å². The fourth-order valence-electron chi connectivity index (χ4n) is 5.04. The van der Waals surface area contributed by atoms with E-state index in [1.54, 1.807) is 48.1 Å². The molecule has 1 saturated carbocycles. The number of aliphatic hydroxyl groups is 1. The quantitative estimate of drug-likeness (QED) is 0.0792. The summed E-state index contributed by atoms with van der Waals surface area (Å²) in [6.45, 7) is 1.25. The molecule has 49 heavy (non-hydrogen) atoms. The lowest BCUT2D eigenvalue weighted by atomic mass is 9.92. The van der Waals surface area contributed by atoms with Crippen molar-refractivity contribution in [3.05, 3.63) is 106 Å². The molecular weight excluding hydrogens is 699 g/mol. The number of anilines is 3. The summed E-state index contributed by atoms with van der Waals surface area (Å²) in [5.41, 5.74) is 13.4. The number of phenols is 1. The first-order valence-electron chi connectivity index (χ1n) is 15.8. The van der Waals surface area contributed by atoms with Crippen molar-refractivity contribution in [2.24, 2.45) is 0 Å². The molecule has 0 bridgehead atoms. The Morgan fingerprint density at radius 2 is 1.33 bits per heavy atom. The Morgan fingerprint density at radius 3 is 1.96 bits per heavy atom. The minimum atomic E-state index is -0.287. The molecule has 1 aliphatic carbocycles. The Kier molecular flexibility index (Phi) is 13.6. The van der Waals surface area contributed by atoms with Gasteiger partial charge in [-0.2, -0.15) is 4.98 Å². The molecule has 3 aromatic carbocycles. The second kappa shape index (κ2) is 18.3. The summed E-state index contributed by atoms with van der Waals surface area (Å²) in [6.07, 6.45) is 8.06. The normalized spacial score (nSPS) is 15.7. The molecule has 10 nitrogen and oxygen atoms in total. The van der Waals surface area contributed by atoms with Gasteiger partial charge in [0.1, 0.15) is 11.6 Å². The zero-order chi connectivity index (χ0) is 34.6. The Hall–Kier alpha value is -3.78. The fraction of sp³-hybridized carbons (Fsp3) is 0.257. The van der Waals surface area contributed by atoms with Gasteiger partial charge in [-0.15, -0.1) is 0 Å². The molecule has 0 amide bonds. The summed E-state index contributed by atoms with van der Waals surface area (Å²) in [6, 6.07) is 22.5. The van der Waals surface area contributed by atoms with Crippen molar-refractivity contribution in [3.63, 3.8) is 0 Å². The van der Waals surface area contributed by atoms with Gasteiger partial charge in [-0.3, -0.25) is 0 Å². The maximum absolute atomic E-state index is 10.1. The first kappa shape index (κ1) is 36.5. The minimum absolute atomic E-state index is 0.114. The Balaban J connectivity index is 0.000000191. The van der Waals surface area contributed by atoms with E-state index in [-0.39, 0.29) is 29.8 Å². The summed E-state index contributed by atoms with van der Waals surface area (Å²) >= 11 is 15.0. The van der Waals surface area contributed by atoms with Crippen molar-refractivity contribution in [1.29, 1.82) is 0 Å². The van der Waals surface area contributed by atoms with Crippen LogP contribution in [0.2, 0.25) is 10.0 Å². The molecule has 2 heterocycles. The highest BCUT2D eigenvalue weighted by molar-refractivity contribution is 7.99. The van der Waals surface area contributed by atoms with Crippen LogP contribution in [0.1, 0.15) is 36.9 Å². The lowest BCUT2D eigenvalue weighted by molar-refractivity contribution is 0.0900. The maximum atomic E-state index is 10.1. The number of aliphatic hydroxyl groups excluding tert-OH is 1. The molecule has 1 aliphatic rings. The predicted octanol–water partition coefficient (Wildman–Crippen LogP) is 7.48. The second-order valence-electron chi connectivity index (χ2n) is 11.3. The van der Waals surface area contributed by atoms with E-state index >= 15 is 0 Å². The predicted molar refractivity (Wildman–Crippen MR) is 199 cm³/mol. The van der Waals surface area contributed by atoms with Crippen molar-refractivity contribution >= 4 is 64.4 Å². The fourth-order valence-corrected chi connectivity index (χ4v) is 7.01. The third-order valence-corrected chi connectivity index (χ3v) is 10.2. The molecule has 5 aromatic rings. The van der Waals surface area contributed by atoms with E-state index in [2.05, 4.69) is 30.6 Å². The number of nitrogens with zero attached hydrogens (tertiary/aromatic N) is 4. The number of hydrogen-bond donors (Lipinski definition) is 6. The average molecular weight is 738 g/mol. The number of aromatic hydroxyl groups is 1. The maximum Gasteiger partial charge on any atom is 0.221 e. The Labute approximate surface area is 304 Å². The van der Waals surface area contributed by atoms with Gasteiger partial charge in [0.15, 0.2) is 0 Å². The average Bonchev–Trinajstić information content (AvgIpc) is 3.10. The monoisotopic (exact) mass is 736 g/mol. The lowest BCUT2D eigenvalue weighted by Gasteiger charge is -2.28. The van der Waals surface area contributed by atoms with Crippen LogP contribution in [0, 0.1) is 0 Å². The first-order chi connectivity index (χ1) is 23.7. The molecule has 256 valence electrons. The number of aromatic nitrogens is 4. The van der Waals surface area contributed by atoms with Gasteiger partial charge in [0.25, 0.3) is 0 Å². The van der Waals surface area contributed by atoms with Gasteiger partial charge < -0.3 is 32.3 Å². The minimum Gasteiger partial charge on any atom is -0.508 e. The molecule has 0 unspecified atom stereocenters. The van der Waals surface area contributed by atoms with Crippen LogP contribution in [0.3, 0.4) is 0 Å². The number of halogens is 2. The van der Waals surface area contributed by atoms with Crippen LogP contribution in [0.4, 0.5) is 17.7 Å². The van der Waals surface area contributed by atoms with E-state index in [0.29, 0.717) is 29.0 Å². The van der Waals surface area contributed by atoms with Crippen LogP contribution in [0.25, 0.3) is 0 Å². The smallest absolute Gasteiger partial charge is 0.221 e. The van der Waals surface area contributed by atoms with Gasteiger partial charge in [-0.25, -0.2) is 15.0 Å². The molecule has 8 N–H and O–H groups in total. The third kappa shape index (κ3) is 11.7. The Bertz CT molecular complexity index is 1790. The van der Waals surface area contributed by atoms with E-state index in [9.17, 15) is 10.2 Å². The topological polar surface area (TPSA) is 168 Å². The number of rotatable bonds is 11. The van der Waals surface area contributed by atoms with Gasteiger partial charge in [0.05, 0.1) is 21.6 Å². The number of nitrogen functional groups attached to an aromatic ring is 2. The standard InChI is InChI=1S/C18H17ClN4OS.C17H21ClN4OS/c19-13-3-7-15(8-4-13)25-16-11-22-18(20)23-17(16)21-10-9-12-1-5-14(24)6-2-12;18-11-5-7-12(8-6-11)24-16-10-21-17(19)22-14(16)9-20-13-3-1-2-4-15(13)23/h1-8,11,24H,9-10H2,(H3,20,21,22,23);5-8,10,13,15,20,23H,1-4,9H2,(H2,19,21,22)/t;13-,15-/m.1/s1. The van der Waals surface area contributed by atoms with Crippen molar-refractivity contribution in [2.45, 2.75) is 70.4 Å². The van der Waals surface area contributed by atoms with E-state index in [0.717, 1.165) is 62.9 Å². The largest absolute Gasteiger partial charge is 0.508 e. The number of phenolic OH excluding ortho intramolecular Hbond substituents is 1. The van der Waals surface area contributed by atoms with Crippen LogP contribution in [-0.4, -0.2) is 48.8 Å². The SMILES string of the molecule is Nc1ncc(Sc2ccc(Cl)cc2)c(CN[C@@H]2CCCC[C@H]2O)n1.Nc1ncc(Sc2ccc(Cl)cc2)c(NCCc2ccc(O)cc2)n1. The number of hydrogen-bond acceptors (Lipinski definition) is 12. The van der Waals surface area contributed by atoms with Crippen LogP contribution in [0.5, 0.6) is 5.75 Å².